The summed E-state index contributed by atoms with van der Waals surface area (Å²) in [4.78, 5) is 2.43. The molecule has 11 rings (SSSR count). The fraction of sp³-hybridized carbons (Fsp3) is 0. The zero-order valence-corrected chi connectivity index (χ0v) is 28.8. The van der Waals surface area contributed by atoms with E-state index in [1.807, 2.05) is 12.1 Å². The summed E-state index contributed by atoms with van der Waals surface area (Å²) in [6.07, 6.45) is 0. The summed E-state index contributed by atoms with van der Waals surface area (Å²) in [5, 5.41) is 9.48. The molecule has 0 fully saturated rings. The first-order valence-corrected chi connectivity index (χ1v) is 18.1. The van der Waals surface area contributed by atoms with Gasteiger partial charge in [0.25, 0.3) is 0 Å². The van der Waals surface area contributed by atoms with E-state index < -0.39 is 0 Å². The van der Waals surface area contributed by atoms with E-state index in [4.69, 9.17) is 4.42 Å². The molecular formula is C50H32N2O. The molecule has 0 amide bonds. The van der Waals surface area contributed by atoms with Crippen molar-refractivity contribution < 1.29 is 4.42 Å². The third kappa shape index (κ3) is 4.68. The number of hydrogen-bond donors (Lipinski definition) is 0. The number of hydrogen-bond acceptors (Lipinski definition) is 2. The van der Waals surface area contributed by atoms with Gasteiger partial charge in [-0.05, 0) is 105 Å². The predicted octanol–water partition coefficient (Wildman–Crippen LogP) is 14.1. The molecule has 0 atom stereocenters. The van der Waals surface area contributed by atoms with Crippen molar-refractivity contribution in [2.24, 2.45) is 0 Å². The molecule has 9 aromatic carbocycles. The number of anilines is 3. The average Bonchev–Trinajstić information content (AvgIpc) is 3.77. The Kier molecular flexibility index (Phi) is 6.55. The highest BCUT2D eigenvalue weighted by molar-refractivity contribution is 6.19. The van der Waals surface area contributed by atoms with Crippen molar-refractivity contribution in [3.63, 3.8) is 0 Å². The Morgan fingerprint density at radius 1 is 0.377 bits per heavy atom. The number of rotatable bonds is 5. The van der Waals surface area contributed by atoms with Crippen LogP contribution in [0.3, 0.4) is 0 Å². The van der Waals surface area contributed by atoms with Crippen LogP contribution in [-0.2, 0) is 0 Å². The number of nitrogens with zero attached hydrogens (tertiary/aromatic N) is 2. The molecule has 0 spiro atoms. The van der Waals surface area contributed by atoms with Crippen molar-refractivity contribution in [2.75, 3.05) is 4.90 Å². The van der Waals surface area contributed by atoms with E-state index in [0.717, 1.165) is 50.1 Å². The minimum atomic E-state index is 0.913. The molecule has 0 saturated heterocycles. The van der Waals surface area contributed by atoms with Gasteiger partial charge in [-0.25, -0.2) is 0 Å². The Morgan fingerprint density at radius 3 is 1.87 bits per heavy atom. The van der Waals surface area contributed by atoms with Crippen molar-refractivity contribution in [1.82, 2.24) is 4.57 Å². The molecule has 0 bridgehead atoms. The predicted molar refractivity (Wildman–Crippen MR) is 223 cm³/mol. The van der Waals surface area contributed by atoms with Crippen LogP contribution in [0.1, 0.15) is 0 Å². The fourth-order valence-corrected chi connectivity index (χ4v) is 8.30. The van der Waals surface area contributed by atoms with Gasteiger partial charge < -0.3 is 13.9 Å². The quantitative estimate of drug-likeness (QED) is 0.169. The van der Waals surface area contributed by atoms with E-state index in [-0.39, 0.29) is 0 Å². The summed E-state index contributed by atoms with van der Waals surface area (Å²) >= 11 is 0. The molecule has 2 heterocycles. The third-order valence-electron chi connectivity index (χ3n) is 10.7. The normalized spacial score (nSPS) is 11.8. The van der Waals surface area contributed by atoms with Crippen LogP contribution >= 0.6 is 0 Å². The van der Waals surface area contributed by atoms with Gasteiger partial charge in [0.05, 0.1) is 16.7 Å². The van der Waals surface area contributed by atoms with Crippen LogP contribution in [0, 0.1) is 0 Å². The first kappa shape index (κ1) is 29.6. The molecule has 0 unspecified atom stereocenters. The highest BCUT2D eigenvalue weighted by Crippen LogP contribution is 2.45. The molecule has 53 heavy (non-hydrogen) atoms. The molecule has 0 aliphatic rings. The van der Waals surface area contributed by atoms with Crippen molar-refractivity contribution in [2.45, 2.75) is 0 Å². The van der Waals surface area contributed by atoms with Crippen LogP contribution in [0.25, 0.3) is 82.1 Å². The lowest BCUT2D eigenvalue weighted by atomic mass is 9.98. The molecule has 0 aliphatic heterocycles. The zero-order chi connectivity index (χ0) is 34.9. The van der Waals surface area contributed by atoms with E-state index in [2.05, 4.69) is 191 Å². The van der Waals surface area contributed by atoms with E-state index in [0.29, 0.717) is 0 Å². The number of benzene rings is 9. The summed E-state index contributed by atoms with van der Waals surface area (Å²) < 4.78 is 8.68. The first-order chi connectivity index (χ1) is 26.3. The van der Waals surface area contributed by atoms with Crippen molar-refractivity contribution in [3.05, 3.63) is 194 Å². The fourth-order valence-electron chi connectivity index (χ4n) is 8.30. The molecule has 2 aromatic heterocycles. The summed E-state index contributed by atoms with van der Waals surface area (Å²) in [6.45, 7) is 0. The number of fused-ring (bicyclic) bond motifs is 9. The summed E-state index contributed by atoms with van der Waals surface area (Å²) in [6, 6.07) is 69.9. The van der Waals surface area contributed by atoms with E-state index in [1.165, 1.54) is 49.1 Å². The highest BCUT2D eigenvalue weighted by Gasteiger charge is 2.22. The Balaban J connectivity index is 1.19. The van der Waals surface area contributed by atoms with Crippen LogP contribution in [-0.4, -0.2) is 4.57 Å². The molecular weight excluding hydrogens is 645 g/mol. The molecule has 3 nitrogen and oxygen atoms in total. The van der Waals surface area contributed by atoms with Gasteiger partial charge in [0, 0.05) is 38.6 Å². The SMILES string of the molecule is c1ccc(-c2ccc(N(c3ccc4ccc5cc6oc7ccccc7c6cc5c4c3)c3cccc4c3c3ccccc3n4-c3ccccc3)cc2)cc1. The van der Waals surface area contributed by atoms with Crippen LogP contribution in [0.15, 0.2) is 199 Å². The Morgan fingerprint density at radius 2 is 1.02 bits per heavy atom. The number of furan rings is 1. The molecule has 3 heteroatoms. The monoisotopic (exact) mass is 676 g/mol. The van der Waals surface area contributed by atoms with E-state index >= 15 is 0 Å². The number of aromatic nitrogens is 1. The van der Waals surface area contributed by atoms with Gasteiger partial charge in [-0.1, -0.05) is 121 Å². The highest BCUT2D eigenvalue weighted by atomic mass is 16.3. The second-order valence-electron chi connectivity index (χ2n) is 13.7. The topological polar surface area (TPSA) is 21.3 Å². The Hall–Kier alpha value is -7.10. The van der Waals surface area contributed by atoms with Crippen LogP contribution in [0.5, 0.6) is 0 Å². The standard InChI is InChI=1S/C50H32N2O/c1-3-12-33(13-4-1)34-24-27-38(28-25-34)51(46-19-11-20-47-50(46)41-17-7-9-18-45(41)52(47)37-14-5-2-6-15-37)39-29-26-35-22-23-36-30-49-44(32-43(36)42(35)31-39)40-16-8-10-21-48(40)53-49/h1-32H. The molecule has 0 radical (unpaired) electrons. The molecule has 0 saturated carbocycles. The molecule has 0 N–H and O–H groups in total. The van der Waals surface area contributed by atoms with Gasteiger partial charge >= 0.3 is 0 Å². The van der Waals surface area contributed by atoms with Gasteiger partial charge in [-0.2, -0.15) is 0 Å². The summed E-state index contributed by atoms with van der Waals surface area (Å²) in [7, 11) is 0. The zero-order valence-electron chi connectivity index (χ0n) is 28.8. The Labute approximate surface area is 306 Å². The molecule has 248 valence electrons. The van der Waals surface area contributed by atoms with Gasteiger partial charge in [0.1, 0.15) is 11.2 Å². The largest absolute Gasteiger partial charge is 0.456 e. The maximum absolute atomic E-state index is 6.29. The summed E-state index contributed by atoms with van der Waals surface area (Å²) in [5.74, 6) is 0. The van der Waals surface area contributed by atoms with Crippen molar-refractivity contribution in [3.8, 4) is 16.8 Å². The second kappa shape index (κ2) is 11.7. The third-order valence-corrected chi connectivity index (χ3v) is 10.7. The second-order valence-corrected chi connectivity index (χ2v) is 13.7. The first-order valence-electron chi connectivity index (χ1n) is 18.1. The maximum Gasteiger partial charge on any atom is 0.136 e. The van der Waals surface area contributed by atoms with Gasteiger partial charge in [0.15, 0.2) is 0 Å². The van der Waals surface area contributed by atoms with Gasteiger partial charge in [0.2, 0.25) is 0 Å². The number of para-hydroxylation sites is 3. The lowest BCUT2D eigenvalue weighted by molar-refractivity contribution is 0.669. The van der Waals surface area contributed by atoms with Gasteiger partial charge in [-0.15, -0.1) is 0 Å². The minimum absolute atomic E-state index is 0.913. The van der Waals surface area contributed by atoms with Crippen LogP contribution in [0.4, 0.5) is 17.1 Å². The lowest BCUT2D eigenvalue weighted by Gasteiger charge is -2.27. The van der Waals surface area contributed by atoms with Crippen molar-refractivity contribution >= 4 is 82.4 Å². The van der Waals surface area contributed by atoms with Crippen LogP contribution < -0.4 is 4.90 Å². The minimum Gasteiger partial charge on any atom is -0.456 e. The molecule has 0 aliphatic carbocycles. The maximum atomic E-state index is 6.29. The van der Waals surface area contributed by atoms with Crippen LogP contribution in [0.2, 0.25) is 0 Å². The van der Waals surface area contributed by atoms with Crippen molar-refractivity contribution in [1.29, 1.82) is 0 Å². The smallest absolute Gasteiger partial charge is 0.136 e. The van der Waals surface area contributed by atoms with Gasteiger partial charge in [-0.3, -0.25) is 0 Å². The molecule has 11 aromatic rings. The van der Waals surface area contributed by atoms with E-state index in [1.54, 1.807) is 0 Å². The summed E-state index contributed by atoms with van der Waals surface area (Å²) in [5.41, 5.74) is 11.0. The van der Waals surface area contributed by atoms with E-state index in [9.17, 15) is 0 Å². The Bertz CT molecular complexity index is 3160. The average molecular weight is 677 g/mol. The lowest BCUT2D eigenvalue weighted by Crippen LogP contribution is -2.10.